The minimum absolute atomic E-state index is 0.314. The summed E-state index contributed by atoms with van der Waals surface area (Å²) in [6, 6.07) is 16.9. The minimum atomic E-state index is -2.91. The van der Waals surface area contributed by atoms with Crippen LogP contribution in [0.25, 0.3) is 0 Å². The molecule has 0 saturated heterocycles. The fourth-order valence-electron chi connectivity index (χ4n) is 1.93. The molecule has 0 aliphatic rings. The van der Waals surface area contributed by atoms with Crippen LogP contribution in [-0.4, -0.2) is 36.6 Å². The van der Waals surface area contributed by atoms with Gasteiger partial charge in [0.05, 0.1) is 31.8 Å². The van der Waals surface area contributed by atoms with Gasteiger partial charge in [0.15, 0.2) is 0 Å². The molecular formula is C17H22O8P2. The van der Waals surface area contributed by atoms with E-state index in [0.29, 0.717) is 11.5 Å². The molecule has 2 aromatic carbocycles. The van der Waals surface area contributed by atoms with Gasteiger partial charge in [-0.1, -0.05) is 36.4 Å². The Morgan fingerprint density at radius 1 is 0.704 bits per heavy atom. The molecule has 0 amide bonds. The molecule has 0 saturated carbocycles. The molecule has 0 aliphatic heterocycles. The summed E-state index contributed by atoms with van der Waals surface area (Å²) < 4.78 is 44.4. The number of aliphatic hydroxyl groups is 2. The normalized spacial score (nSPS) is 13.7. The van der Waals surface area contributed by atoms with Crippen molar-refractivity contribution in [1.82, 2.24) is 0 Å². The van der Waals surface area contributed by atoms with Crippen LogP contribution in [0.3, 0.4) is 0 Å². The third-order valence-corrected chi connectivity index (χ3v) is 5.12. The van der Waals surface area contributed by atoms with Crippen LogP contribution in [0.5, 0.6) is 11.5 Å². The van der Waals surface area contributed by atoms with Gasteiger partial charge in [-0.2, -0.15) is 0 Å². The van der Waals surface area contributed by atoms with Gasteiger partial charge >= 0.3 is 16.5 Å². The van der Waals surface area contributed by atoms with Crippen molar-refractivity contribution in [3.05, 3.63) is 60.7 Å². The number of rotatable bonds is 12. The highest BCUT2D eigenvalue weighted by molar-refractivity contribution is 7.34. The summed E-state index contributed by atoms with van der Waals surface area (Å²) in [4.78, 5) is 0. The van der Waals surface area contributed by atoms with Crippen molar-refractivity contribution in [3.8, 4) is 11.5 Å². The van der Waals surface area contributed by atoms with E-state index in [4.69, 9.17) is 18.1 Å². The molecule has 2 unspecified atom stereocenters. The maximum absolute atomic E-state index is 11.9. The first-order valence-electron chi connectivity index (χ1n) is 8.08. The van der Waals surface area contributed by atoms with Gasteiger partial charge < -0.3 is 28.3 Å². The summed E-state index contributed by atoms with van der Waals surface area (Å²) in [5.41, 5.74) is -1.30. The highest BCUT2D eigenvalue weighted by Crippen LogP contribution is 2.34. The quantitative estimate of drug-likeness (QED) is 0.508. The summed E-state index contributed by atoms with van der Waals surface area (Å²) in [5.74, 6) is 0.745. The molecule has 2 atom stereocenters. The number of aliphatic hydroxyl groups excluding tert-OH is 2. The molecule has 2 rings (SSSR count). The monoisotopic (exact) mass is 416 g/mol. The molecule has 0 aromatic heterocycles. The van der Waals surface area contributed by atoms with Gasteiger partial charge in [-0.25, -0.2) is 9.13 Å². The lowest BCUT2D eigenvalue weighted by Crippen LogP contribution is -2.38. The number of hydrogen-bond acceptors (Lipinski definition) is 8. The Labute approximate surface area is 158 Å². The van der Waals surface area contributed by atoms with Crippen LogP contribution in [0.1, 0.15) is 0 Å². The van der Waals surface area contributed by atoms with Crippen LogP contribution in [0.15, 0.2) is 60.7 Å². The van der Waals surface area contributed by atoms with E-state index in [0.717, 1.165) is 0 Å². The van der Waals surface area contributed by atoms with E-state index in [1.165, 1.54) is 0 Å². The molecule has 0 aliphatic carbocycles. The highest BCUT2D eigenvalue weighted by atomic mass is 31.1. The third-order valence-electron chi connectivity index (χ3n) is 3.55. The van der Waals surface area contributed by atoms with E-state index in [1.54, 1.807) is 60.7 Å². The Balaban J connectivity index is 1.84. The van der Waals surface area contributed by atoms with Crippen LogP contribution in [0.2, 0.25) is 0 Å². The Morgan fingerprint density at radius 2 is 1.07 bits per heavy atom. The van der Waals surface area contributed by atoms with Gasteiger partial charge in [-0.05, 0) is 24.3 Å². The van der Waals surface area contributed by atoms with Gasteiger partial charge in [0.25, 0.3) is 0 Å². The van der Waals surface area contributed by atoms with Crippen molar-refractivity contribution >= 4 is 16.5 Å². The van der Waals surface area contributed by atoms with Crippen LogP contribution < -0.4 is 9.05 Å². The molecule has 0 fully saturated rings. The molecule has 8 nitrogen and oxygen atoms in total. The lowest BCUT2D eigenvalue weighted by atomic mass is 9.93. The summed E-state index contributed by atoms with van der Waals surface area (Å²) >= 11 is 0. The summed E-state index contributed by atoms with van der Waals surface area (Å²) in [5, 5.41) is 19.2. The predicted octanol–water partition coefficient (Wildman–Crippen LogP) is 2.93. The lowest BCUT2D eigenvalue weighted by molar-refractivity contribution is -0.0187. The molecule has 0 spiro atoms. The Kier molecular flexibility index (Phi) is 9.01. The first kappa shape index (κ1) is 21.6. The van der Waals surface area contributed by atoms with E-state index in [2.05, 4.69) is 0 Å². The average Bonchev–Trinajstić information content (AvgIpc) is 2.70. The van der Waals surface area contributed by atoms with Crippen molar-refractivity contribution in [1.29, 1.82) is 0 Å². The first-order valence-corrected chi connectivity index (χ1v) is 10.5. The molecule has 27 heavy (non-hydrogen) atoms. The first-order chi connectivity index (χ1) is 13.1. The number of para-hydroxylation sites is 2. The zero-order valence-corrected chi connectivity index (χ0v) is 16.4. The molecule has 2 aromatic rings. The van der Waals surface area contributed by atoms with Gasteiger partial charge in [-0.15, -0.1) is 0 Å². The second kappa shape index (κ2) is 11.2. The highest BCUT2D eigenvalue weighted by Gasteiger charge is 2.32. The smallest absolute Gasteiger partial charge is 0.367 e. The zero-order valence-electron chi connectivity index (χ0n) is 14.4. The van der Waals surface area contributed by atoms with E-state index < -0.39 is 35.1 Å². The Bertz CT molecular complexity index is 663. The predicted molar refractivity (Wildman–Crippen MR) is 101 cm³/mol. The van der Waals surface area contributed by atoms with E-state index in [1.807, 2.05) is 0 Å². The molecule has 0 bridgehead atoms. The number of hydrogen-bond donors (Lipinski definition) is 2. The summed E-state index contributed by atoms with van der Waals surface area (Å²) in [6.45, 7) is -1.70. The summed E-state index contributed by atoms with van der Waals surface area (Å²) in [6.07, 6.45) is 0. The fraction of sp³-hybridized carbons (Fsp3) is 0.294. The average molecular weight is 416 g/mol. The molecule has 10 heteroatoms. The van der Waals surface area contributed by atoms with Crippen molar-refractivity contribution < 1.29 is 37.4 Å². The molecule has 0 heterocycles. The van der Waals surface area contributed by atoms with Gasteiger partial charge in [0.2, 0.25) is 0 Å². The van der Waals surface area contributed by atoms with Crippen molar-refractivity contribution in [2.24, 2.45) is 5.41 Å². The van der Waals surface area contributed by atoms with Crippen LogP contribution in [-0.2, 0) is 18.2 Å². The Hall–Kier alpha value is -1.66. The molecule has 148 valence electrons. The van der Waals surface area contributed by atoms with Crippen molar-refractivity contribution in [2.75, 3.05) is 26.4 Å². The minimum Gasteiger partial charge on any atom is -0.426 e. The maximum atomic E-state index is 11.9. The SMILES string of the molecule is O=[PH](OCC(CO)(CO)CO[PH](=O)Oc1ccccc1)Oc1ccccc1. The van der Waals surface area contributed by atoms with Crippen LogP contribution >= 0.6 is 16.5 Å². The van der Waals surface area contributed by atoms with E-state index >= 15 is 0 Å². The third kappa shape index (κ3) is 7.46. The zero-order chi connectivity index (χ0) is 19.5. The van der Waals surface area contributed by atoms with Gasteiger partial charge in [0.1, 0.15) is 11.5 Å². The second-order valence-electron chi connectivity index (χ2n) is 5.72. The van der Waals surface area contributed by atoms with Gasteiger partial charge in [0, 0.05) is 0 Å². The summed E-state index contributed by atoms with van der Waals surface area (Å²) in [7, 11) is -5.82. The van der Waals surface area contributed by atoms with E-state index in [-0.39, 0.29) is 13.2 Å². The number of benzene rings is 2. The molecule has 0 radical (unpaired) electrons. The van der Waals surface area contributed by atoms with Gasteiger partial charge in [-0.3, -0.25) is 0 Å². The van der Waals surface area contributed by atoms with Crippen molar-refractivity contribution in [3.63, 3.8) is 0 Å². The second-order valence-corrected chi connectivity index (χ2v) is 7.71. The standard InChI is InChI=1S/C17H22O8P2/c18-11-17(12-19,13-22-26(20)24-15-7-3-1-4-8-15)14-23-27(21)25-16-9-5-2-6-10-16/h1-10,18-19,26-27H,11-14H2. The van der Waals surface area contributed by atoms with Crippen LogP contribution in [0, 0.1) is 5.41 Å². The molecular weight excluding hydrogens is 394 g/mol. The topological polar surface area (TPSA) is 112 Å². The lowest BCUT2D eigenvalue weighted by Gasteiger charge is -2.28. The van der Waals surface area contributed by atoms with Crippen LogP contribution in [0.4, 0.5) is 0 Å². The van der Waals surface area contributed by atoms with E-state index in [9.17, 15) is 19.3 Å². The van der Waals surface area contributed by atoms with Crippen molar-refractivity contribution in [2.45, 2.75) is 0 Å². The largest absolute Gasteiger partial charge is 0.426 e. The Morgan fingerprint density at radius 3 is 1.41 bits per heavy atom. The fourth-order valence-corrected chi connectivity index (χ4v) is 3.55. The molecule has 2 N–H and O–H groups in total. The maximum Gasteiger partial charge on any atom is 0.367 e.